The number of allylic oxidation sites excluding steroid dienone is 3. The van der Waals surface area contributed by atoms with Gasteiger partial charge < -0.3 is 20.0 Å². The van der Waals surface area contributed by atoms with Gasteiger partial charge in [-0.1, -0.05) is 122 Å². The number of hydrogen-bond donors (Lipinski definition) is 1. The van der Waals surface area contributed by atoms with Gasteiger partial charge in [-0.15, -0.1) is 0 Å². The summed E-state index contributed by atoms with van der Waals surface area (Å²) in [6, 6.07) is 78.8. The fraction of sp³-hybridized carbons (Fsp3) is 0. The number of fused-ring (bicyclic) bond motifs is 2. The Bertz CT molecular complexity index is 2900. The van der Waals surface area contributed by atoms with Crippen molar-refractivity contribution < 1.29 is 0 Å². The molecule has 4 nitrogen and oxygen atoms in total. The highest BCUT2D eigenvalue weighted by Gasteiger charge is 2.16. The molecule has 9 aromatic rings. The number of para-hydroxylation sites is 3. The van der Waals surface area contributed by atoms with E-state index in [1.165, 1.54) is 21.5 Å². The molecule has 9 rings (SSSR count). The Morgan fingerprint density at radius 3 is 1.42 bits per heavy atom. The smallest absolute Gasteiger partial charge is 0.0468 e. The first-order valence-electron chi connectivity index (χ1n) is 20.2. The Morgan fingerprint density at radius 2 is 0.817 bits per heavy atom. The predicted molar refractivity (Wildman–Crippen MR) is 257 cm³/mol. The van der Waals surface area contributed by atoms with Gasteiger partial charge in [0.25, 0.3) is 0 Å². The van der Waals surface area contributed by atoms with Crippen molar-refractivity contribution in [3.63, 3.8) is 0 Å². The van der Waals surface area contributed by atoms with Crippen LogP contribution >= 0.6 is 0 Å². The van der Waals surface area contributed by atoms with Gasteiger partial charge in [-0.2, -0.15) is 0 Å². The van der Waals surface area contributed by atoms with Gasteiger partial charge in [0.2, 0.25) is 0 Å². The Kier molecular flexibility index (Phi) is 11.0. The minimum atomic E-state index is 0.944. The molecule has 288 valence electrons. The second-order valence-corrected chi connectivity index (χ2v) is 14.5. The molecule has 0 saturated carbocycles. The van der Waals surface area contributed by atoms with Crippen molar-refractivity contribution in [2.45, 2.75) is 0 Å². The molecular weight excluding hydrogens is 729 g/mol. The number of nitrogens with one attached hydrogen (secondary N) is 1. The lowest BCUT2D eigenvalue weighted by Crippen LogP contribution is -2.15. The molecule has 0 fully saturated rings. The quantitative estimate of drug-likeness (QED) is 0.118. The van der Waals surface area contributed by atoms with Gasteiger partial charge in [0, 0.05) is 63.1 Å². The lowest BCUT2D eigenvalue weighted by Gasteiger charge is -2.27. The highest BCUT2D eigenvalue weighted by atomic mass is 15.2. The topological polar surface area (TPSA) is 21.8 Å². The van der Waals surface area contributed by atoms with Crippen LogP contribution in [0.25, 0.3) is 21.5 Å². The first kappa shape index (κ1) is 37.5. The number of benzene rings is 9. The molecule has 60 heavy (non-hydrogen) atoms. The molecule has 0 amide bonds. The monoisotopic (exact) mass is 772 g/mol. The SMILES string of the molecule is C=C/C(=C\C=C\N(c1ccc(Nc2ccccc2)cc1)c1ccc(N(c2ccccc2)c2ccc3ccccc3c2)cc1)N(c1ccccc1)c1ccc2ccccc2c1. The summed E-state index contributed by atoms with van der Waals surface area (Å²) in [7, 11) is 0. The summed E-state index contributed by atoms with van der Waals surface area (Å²) in [6.45, 7) is 4.28. The Labute approximate surface area is 352 Å². The molecule has 1 N–H and O–H groups in total. The minimum Gasteiger partial charge on any atom is -0.356 e. The van der Waals surface area contributed by atoms with E-state index in [4.69, 9.17) is 0 Å². The molecule has 9 aromatic carbocycles. The van der Waals surface area contributed by atoms with E-state index in [2.05, 4.69) is 245 Å². The van der Waals surface area contributed by atoms with E-state index >= 15 is 0 Å². The fourth-order valence-corrected chi connectivity index (χ4v) is 7.62. The summed E-state index contributed by atoms with van der Waals surface area (Å²) in [6.07, 6.45) is 8.27. The zero-order valence-corrected chi connectivity index (χ0v) is 33.2. The van der Waals surface area contributed by atoms with Crippen molar-refractivity contribution in [1.29, 1.82) is 0 Å². The van der Waals surface area contributed by atoms with Crippen LogP contribution in [0.2, 0.25) is 0 Å². The number of hydrogen-bond acceptors (Lipinski definition) is 4. The maximum absolute atomic E-state index is 4.28. The van der Waals surface area contributed by atoms with Crippen LogP contribution in [0.1, 0.15) is 0 Å². The molecule has 0 aliphatic carbocycles. The van der Waals surface area contributed by atoms with Crippen molar-refractivity contribution in [1.82, 2.24) is 0 Å². The minimum absolute atomic E-state index is 0.944. The lowest BCUT2D eigenvalue weighted by atomic mass is 10.1. The summed E-state index contributed by atoms with van der Waals surface area (Å²) in [5.74, 6) is 0. The fourth-order valence-electron chi connectivity index (χ4n) is 7.62. The molecule has 4 heteroatoms. The predicted octanol–water partition coefficient (Wildman–Crippen LogP) is 15.8. The van der Waals surface area contributed by atoms with E-state index in [1.807, 2.05) is 30.3 Å². The highest BCUT2D eigenvalue weighted by molar-refractivity contribution is 5.90. The van der Waals surface area contributed by atoms with Crippen molar-refractivity contribution in [2.24, 2.45) is 0 Å². The van der Waals surface area contributed by atoms with Gasteiger partial charge in [-0.05, 0) is 149 Å². The van der Waals surface area contributed by atoms with Gasteiger partial charge >= 0.3 is 0 Å². The highest BCUT2D eigenvalue weighted by Crippen LogP contribution is 2.38. The first-order chi connectivity index (χ1) is 29.7. The summed E-state index contributed by atoms with van der Waals surface area (Å²) in [5, 5.41) is 8.33. The second kappa shape index (κ2) is 17.6. The third kappa shape index (κ3) is 8.31. The van der Waals surface area contributed by atoms with E-state index in [0.29, 0.717) is 0 Å². The summed E-state index contributed by atoms with van der Waals surface area (Å²) in [5.41, 5.74) is 10.4. The summed E-state index contributed by atoms with van der Waals surface area (Å²) >= 11 is 0. The van der Waals surface area contributed by atoms with Gasteiger partial charge in [0.15, 0.2) is 0 Å². The van der Waals surface area contributed by atoms with Gasteiger partial charge in [0.05, 0.1) is 0 Å². The van der Waals surface area contributed by atoms with Crippen LogP contribution in [0.4, 0.5) is 51.2 Å². The molecule has 0 heterocycles. The zero-order valence-electron chi connectivity index (χ0n) is 33.2. The average molecular weight is 773 g/mol. The first-order valence-corrected chi connectivity index (χ1v) is 20.2. The van der Waals surface area contributed by atoms with E-state index in [0.717, 1.165) is 56.9 Å². The molecule has 0 atom stereocenters. The third-order valence-corrected chi connectivity index (χ3v) is 10.6. The molecule has 0 spiro atoms. The molecule has 0 saturated heterocycles. The second-order valence-electron chi connectivity index (χ2n) is 14.5. The van der Waals surface area contributed by atoms with E-state index in [9.17, 15) is 0 Å². The Morgan fingerprint density at radius 1 is 0.383 bits per heavy atom. The Balaban J connectivity index is 1.09. The van der Waals surface area contributed by atoms with E-state index in [-0.39, 0.29) is 0 Å². The standard InChI is InChI=1S/C56H44N4/c1-2-49(59(52-23-8-4-9-24-52)55-32-28-43-17-12-14-19-45(43)41-55)27-16-40-58(50-34-30-48(31-35-50)57-47-21-6-3-7-22-47)51-36-38-54(39-37-51)60(53-25-10-5-11-26-53)56-33-29-44-18-13-15-20-46(44)42-56/h2-42,57H,1H2/b40-16+,49-27+. The van der Waals surface area contributed by atoms with Crippen LogP contribution in [-0.2, 0) is 0 Å². The van der Waals surface area contributed by atoms with Gasteiger partial charge in [-0.3, -0.25) is 0 Å². The lowest BCUT2D eigenvalue weighted by molar-refractivity contribution is 1.21. The maximum atomic E-state index is 4.28. The van der Waals surface area contributed by atoms with Crippen molar-refractivity contribution >= 4 is 72.7 Å². The summed E-state index contributed by atoms with van der Waals surface area (Å²) in [4.78, 5) is 6.78. The van der Waals surface area contributed by atoms with Crippen molar-refractivity contribution in [3.8, 4) is 0 Å². The number of nitrogens with zero attached hydrogens (tertiary/aromatic N) is 3. The molecule has 0 aliphatic rings. The third-order valence-electron chi connectivity index (χ3n) is 10.6. The van der Waals surface area contributed by atoms with Crippen LogP contribution in [0.3, 0.4) is 0 Å². The van der Waals surface area contributed by atoms with Crippen LogP contribution in [0.5, 0.6) is 0 Å². The van der Waals surface area contributed by atoms with Crippen LogP contribution < -0.4 is 20.0 Å². The molecule has 0 radical (unpaired) electrons. The number of rotatable bonds is 13. The Hall–Kier alpha value is -8.08. The van der Waals surface area contributed by atoms with Crippen molar-refractivity contribution in [3.05, 3.63) is 261 Å². The van der Waals surface area contributed by atoms with Gasteiger partial charge in [-0.25, -0.2) is 0 Å². The maximum Gasteiger partial charge on any atom is 0.0468 e. The molecule has 0 bridgehead atoms. The largest absolute Gasteiger partial charge is 0.356 e. The average Bonchev–Trinajstić information content (AvgIpc) is 3.31. The molecule has 0 aromatic heterocycles. The zero-order chi connectivity index (χ0) is 40.5. The molecular formula is C56H44N4. The van der Waals surface area contributed by atoms with Crippen molar-refractivity contribution in [2.75, 3.05) is 20.0 Å². The number of anilines is 9. The molecule has 0 aliphatic heterocycles. The van der Waals surface area contributed by atoms with Crippen LogP contribution in [0, 0.1) is 0 Å². The molecule has 0 unspecified atom stereocenters. The van der Waals surface area contributed by atoms with Gasteiger partial charge in [0.1, 0.15) is 0 Å². The summed E-state index contributed by atoms with van der Waals surface area (Å²) < 4.78 is 0. The van der Waals surface area contributed by atoms with Crippen LogP contribution in [-0.4, -0.2) is 0 Å². The normalized spacial score (nSPS) is 11.4. The van der Waals surface area contributed by atoms with Crippen LogP contribution in [0.15, 0.2) is 261 Å². The van der Waals surface area contributed by atoms with E-state index in [1.54, 1.807) is 0 Å². The van der Waals surface area contributed by atoms with E-state index < -0.39 is 0 Å².